The number of aryl methyl sites for hydroxylation is 1. The lowest BCUT2D eigenvalue weighted by atomic mass is 9.84. The number of nitrogens with zero attached hydrogens (tertiary/aromatic N) is 1. The fraction of sp³-hybridized carbons (Fsp3) is 0.615. The van der Waals surface area contributed by atoms with Gasteiger partial charge in [0.25, 0.3) is 5.91 Å². The van der Waals surface area contributed by atoms with E-state index < -0.39 is 11.9 Å². The lowest BCUT2D eigenvalue weighted by molar-refractivity contribution is -0.144. The van der Waals surface area contributed by atoms with E-state index in [1.54, 1.807) is 6.07 Å². The van der Waals surface area contributed by atoms with Crippen LogP contribution in [-0.4, -0.2) is 33.2 Å². The topological polar surface area (TPSA) is 95.1 Å². The number of carboxylic acid groups (broad SMARTS) is 1. The van der Waals surface area contributed by atoms with Crippen LogP contribution in [0, 0.1) is 24.7 Å². The van der Waals surface area contributed by atoms with Crippen molar-refractivity contribution >= 4 is 11.9 Å². The molecule has 1 aromatic heterocycles. The second kappa shape index (κ2) is 4.36. The third-order valence-electron chi connectivity index (χ3n) is 4.44. The Hall–Kier alpha value is -1.85. The Morgan fingerprint density at radius 3 is 2.79 bits per heavy atom. The van der Waals surface area contributed by atoms with Crippen LogP contribution in [0.25, 0.3) is 0 Å². The summed E-state index contributed by atoms with van der Waals surface area (Å²) < 4.78 is 0. The molecule has 0 radical (unpaired) electrons. The van der Waals surface area contributed by atoms with Crippen LogP contribution < -0.4 is 5.32 Å². The van der Waals surface area contributed by atoms with Gasteiger partial charge >= 0.3 is 5.97 Å². The molecule has 0 aromatic carbocycles. The second-order valence-corrected chi connectivity index (χ2v) is 5.63. The van der Waals surface area contributed by atoms with Gasteiger partial charge in [0.2, 0.25) is 0 Å². The molecule has 4 unspecified atom stereocenters. The Morgan fingerprint density at radius 2 is 2.16 bits per heavy atom. The molecule has 1 aromatic rings. The quantitative estimate of drug-likeness (QED) is 0.756. The number of H-pyrrole nitrogens is 1. The monoisotopic (exact) mass is 263 g/mol. The van der Waals surface area contributed by atoms with Gasteiger partial charge in [-0.1, -0.05) is 0 Å². The molecule has 6 nitrogen and oxygen atoms in total. The van der Waals surface area contributed by atoms with Gasteiger partial charge < -0.3 is 10.4 Å². The van der Waals surface area contributed by atoms with E-state index in [2.05, 4.69) is 15.5 Å². The Labute approximate surface area is 110 Å². The molecule has 1 amide bonds. The number of amides is 1. The van der Waals surface area contributed by atoms with Crippen LogP contribution in [0.5, 0.6) is 0 Å². The van der Waals surface area contributed by atoms with Crippen LogP contribution in [0.15, 0.2) is 6.07 Å². The van der Waals surface area contributed by atoms with Crippen molar-refractivity contribution in [2.45, 2.75) is 32.2 Å². The second-order valence-electron chi connectivity index (χ2n) is 5.63. The molecule has 0 aliphatic heterocycles. The number of rotatable bonds is 3. The maximum Gasteiger partial charge on any atom is 0.308 e. The van der Waals surface area contributed by atoms with E-state index in [1.807, 2.05) is 6.92 Å². The Kier molecular flexibility index (Phi) is 2.80. The van der Waals surface area contributed by atoms with Crippen LogP contribution in [0.2, 0.25) is 0 Å². The Bertz CT molecular complexity index is 525. The maximum atomic E-state index is 12.1. The average molecular weight is 263 g/mol. The highest BCUT2D eigenvalue weighted by atomic mass is 16.4. The zero-order valence-corrected chi connectivity index (χ0v) is 10.7. The van der Waals surface area contributed by atoms with Crippen LogP contribution >= 0.6 is 0 Å². The molecule has 2 bridgehead atoms. The van der Waals surface area contributed by atoms with Gasteiger partial charge in [0.15, 0.2) is 0 Å². The summed E-state index contributed by atoms with van der Waals surface area (Å²) in [6.07, 6.45) is 2.90. The summed E-state index contributed by atoms with van der Waals surface area (Å²) in [5, 5.41) is 18.8. The highest BCUT2D eigenvalue weighted by Gasteiger charge is 2.51. The SMILES string of the molecule is Cc1cc(C(=O)NC2C3CCC(C3)C2C(=O)O)n[nH]1. The predicted octanol–water partition coefficient (Wildman–Crippen LogP) is 0.947. The zero-order valence-electron chi connectivity index (χ0n) is 10.7. The molecule has 19 heavy (non-hydrogen) atoms. The molecule has 2 aliphatic rings. The standard InChI is InChI=1S/C13H17N3O3/c1-6-4-9(16-15-6)12(17)14-11-8-3-2-7(5-8)10(11)13(18)19/h4,7-8,10-11H,2-3,5H2,1H3,(H,14,17)(H,15,16)(H,18,19). The van der Waals surface area contributed by atoms with E-state index in [-0.39, 0.29) is 17.9 Å². The number of nitrogens with one attached hydrogen (secondary N) is 2. The fourth-order valence-electron chi connectivity index (χ4n) is 3.61. The van der Waals surface area contributed by atoms with E-state index in [1.165, 1.54) is 0 Å². The van der Waals surface area contributed by atoms with Gasteiger partial charge in [0, 0.05) is 11.7 Å². The fourth-order valence-corrected chi connectivity index (χ4v) is 3.61. The Morgan fingerprint density at radius 1 is 1.42 bits per heavy atom. The van der Waals surface area contributed by atoms with Gasteiger partial charge in [-0.25, -0.2) is 0 Å². The summed E-state index contributed by atoms with van der Waals surface area (Å²) >= 11 is 0. The number of carbonyl (C=O) groups excluding carboxylic acids is 1. The van der Waals surface area contributed by atoms with Gasteiger partial charge in [-0.15, -0.1) is 0 Å². The summed E-state index contributed by atoms with van der Waals surface area (Å²) in [4.78, 5) is 23.4. The van der Waals surface area contributed by atoms with Gasteiger partial charge in [-0.3, -0.25) is 14.7 Å². The van der Waals surface area contributed by atoms with Gasteiger partial charge in [0.05, 0.1) is 5.92 Å². The number of hydrogen-bond donors (Lipinski definition) is 3. The van der Waals surface area contributed by atoms with Crippen molar-refractivity contribution in [3.05, 3.63) is 17.5 Å². The van der Waals surface area contributed by atoms with Gasteiger partial charge in [0.1, 0.15) is 5.69 Å². The van der Waals surface area contributed by atoms with Crippen molar-refractivity contribution in [3.63, 3.8) is 0 Å². The van der Waals surface area contributed by atoms with Gasteiger partial charge in [-0.2, -0.15) is 5.10 Å². The highest BCUT2D eigenvalue weighted by molar-refractivity contribution is 5.93. The number of aromatic nitrogens is 2. The van der Waals surface area contributed by atoms with Crippen LogP contribution in [0.4, 0.5) is 0 Å². The lowest BCUT2D eigenvalue weighted by Gasteiger charge is -2.28. The van der Waals surface area contributed by atoms with E-state index in [0.717, 1.165) is 25.0 Å². The first-order chi connectivity index (χ1) is 9.06. The number of carbonyl (C=O) groups is 2. The summed E-state index contributed by atoms with van der Waals surface area (Å²) in [6.45, 7) is 1.82. The number of aliphatic carboxylic acids is 1. The maximum absolute atomic E-state index is 12.1. The molecule has 6 heteroatoms. The number of fused-ring (bicyclic) bond motifs is 2. The molecular formula is C13H17N3O3. The summed E-state index contributed by atoms with van der Waals surface area (Å²) in [5.74, 6) is -1.00. The van der Waals surface area contributed by atoms with Crippen molar-refractivity contribution in [3.8, 4) is 0 Å². The normalized spacial score (nSPS) is 32.5. The van der Waals surface area contributed by atoms with Crippen LogP contribution in [0.1, 0.15) is 35.4 Å². The summed E-state index contributed by atoms with van der Waals surface area (Å²) in [6, 6.07) is 1.42. The smallest absolute Gasteiger partial charge is 0.308 e. The van der Waals surface area contributed by atoms with E-state index >= 15 is 0 Å². The lowest BCUT2D eigenvalue weighted by Crippen LogP contribution is -2.46. The first-order valence-electron chi connectivity index (χ1n) is 6.62. The largest absolute Gasteiger partial charge is 0.481 e. The first kappa shape index (κ1) is 12.2. The number of carboxylic acids is 1. The zero-order chi connectivity index (χ0) is 13.6. The van der Waals surface area contributed by atoms with E-state index in [4.69, 9.17) is 0 Å². The number of hydrogen-bond acceptors (Lipinski definition) is 3. The molecule has 3 rings (SSSR count). The molecule has 3 N–H and O–H groups in total. The molecule has 2 aliphatic carbocycles. The van der Waals surface area contributed by atoms with Crippen molar-refractivity contribution in [1.82, 2.24) is 15.5 Å². The Balaban J connectivity index is 1.75. The van der Waals surface area contributed by atoms with Crippen molar-refractivity contribution in [1.29, 1.82) is 0 Å². The minimum atomic E-state index is -0.796. The first-order valence-corrected chi connectivity index (χ1v) is 6.62. The summed E-state index contributed by atoms with van der Waals surface area (Å²) in [5.41, 5.74) is 1.14. The highest BCUT2D eigenvalue weighted by Crippen LogP contribution is 2.48. The molecule has 2 saturated carbocycles. The molecule has 0 saturated heterocycles. The summed E-state index contributed by atoms with van der Waals surface area (Å²) in [7, 11) is 0. The molecule has 102 valence electrons. The third-order valence-corrected chi connectivity index (χ3v) is 4.44. The molecule has 4 atom stereocenters. The molecular weight excluding hydrogens is 246 g/mol. The van der Waals surface area contributed by atoms with Crippen LogP contribution in [0.3, 0.4) is 0 Å². The molecule has 0 spiro atoms. The minimum absolute atomic E-state index is 0.216. The van der Waals surface area contributed by atoms with E-state index in [0.29, 0.717) is 11.6 Å². The minimum Gasteiger partial charge on any atom is -0.481 e. The van der Waals surface area contributed by atoms with E-state index in [9.17, 15) is 14.7 Å². The average Bonchev–Trinajstić information content (AvgIpc) is 3.03. The number of aromatic amines is 1. The van der Waals surface area contributed by atoms with Crippen LogP contribution in [-0.2, 0) is 4.79 Å². The van der Waals surface area contributed by atoms with Crippen molar-refractivity contribution in [2.24, 2.45) is 17.8 Å². The third kappa shape index (κ3) is 2.01. The molecule has 1 heterocycles. The predicted molar refractivity (Wildman–Crippen MR) is 66.5 cm³/mol. The van der Waals surface area contributed by atoms with Crippen molar-refractivity contribution in [2.75, 3.05) is 0 Å². The van der Waals surface area contributed by atoms with Crippen molar-refractivity contribution < 1.29 is 14.7 Å². The molecule has 2 fully saturated rings. The van der Waals surface area contributed by atoms with Gasteiger partial charge in [-0.05, 0) is 44.1 Å².